The fraction of sp³-hybridized carbons (Fsp3) is 0. The topological polar surface area (TPSA) is 81.0 Å². The smallest absolute Gasteiger partial charge is 0.271 e. The Kier molecular flexibility index (Phi) is 6.17. The molecule has 1 aromatic heterocycles. The Labute approximate surface area is 182 Å². The second-order valence-electron chi connectivity index (χ2n) is 5.97. The van der Waals surface area contributed by atoms with E-state index in [1.165, 1.54) is 12.1 Å². The summed E-state index contributed by atoms with van der Waals surface area (Å²) in [5.41, 5.74) is 1.89. The summed E-state index contributed by atoms with van der Waals surface area (Å²) >= 11 is 12.3. The molecule has 1 heterocycles. The number of nitro groups is 1. The Balaban J connectivity index is 0.00000240. The molecule has 9 heteroatoms. The lowest BCUT2D eigenvalue weighted by Crippen LogP contribution is -2.00. The van der Waals surface area contributed by atoms with E-state index in [-0.39, 0.29) is 18.1 Å². The number of para-hydroxylation sites is 1. The lowest BCUT2D eigenvalue weighted by atomic mass is 10.1. The molecule has 0 aliphatic heterocycles. The second-order valence-corrected chi connectivity index (χ2v) is 6.81. The van der Waals surface area contributed by atoms with E-state index in [0.29, 0.717) is 38.5 Å². The number of aromatic nitrogens is 2. The molecule has 0 fully saturated rings. The monoisotopic (exact) mass is 446 g/mol. The molecule has 0 radical (unpaired) electrons. The lowest BCUT2D eigenvalue weighted by Gasteiger charge is -2.12. The number of hydrogen-bond donors (Lipinski definition) is 1. The quantitative estimate of drug-likeness (QED) is 0.279. The molecular weight excluding hydrogens is 435 g/mol. The number of rotatable bonds is 4. The van der Waals surface area contributed by atoms with E-state index in [1.807, 2.05) is 24.3 Å². The van der Waals surface area contributed by atoms with Crippen molar-refractivity contribution >= 4 is 63.7 Å². The zero-order chi connectivity index (χ0) is 19.7. The average Bonchev–Trinajstić information content (AvgIpc) is 2.68. The maximum Gasteiger partial charge on any atom is 0.271 e. The number of non-ortho nitro benzene ring substituents is 1. The summed E-state index contributed by atoms with van der Waals surface area (Å²) in [5, 5.41) is 15.9. The van der Waals surface area contributed by atoms with Crippen molar-refractivity contribution in [3.8, 4) is 11.4 Å². The van der Waals surface area contributed by atoms with Gasteiger partial charge in [0.15, 0.2) is 5.82 Å². The fourth-order valence-electron chi connectivity index (χ4n) is 2.80. The standard InChI is InChI=1S/C20H12Cl2N4O2.ClH/c21-12-8-9-15(17(22)10-12)19-24-18-7-2-1-6-16(18)20(25-19)23-13-4-3-5-14(11-13)26(27)28;/h1-11H,(H,23,24,25);1H. The molecule has 0 amide bonds. The third-order valence-electron chi connectivity index (χ3n) is 4.09. The van der Waals surface area contributed by atoms with Crippen LogP contribution in [0.3, 0.4) is 0 Å². The highest BCUT2D eigenvalue weighted by molar-refractivity contribution is 6.36. The van der Waals surface area contributed by atoms with Gasteiger partial charge in [-0.05, 0) is 36.4 Å². The molecule has 0 spiro atoms. The molecule has 1 N–H and O–H groups in total. The van der Waals surface area contributed by atoms with Crippen molar-refractivity contribution < 1.29 is 4.92 Å². The Morgan fingerprint density at radius 2 is 1.72 bits per heavy atom. The minimum absolute atomic E-state index is 0. The van der Waals surface area contributed by atoms with Gasteiger partial charge in [-0.1, -0.05) is 41.4 Å². The van der Waals surface area contributed by atoms with Crippen LogP contribution < -0.4 is 5.32 Å². The first kappa shape index (κ1) is 20.8. The van der Waals surface area contributed by atoms with Gasteiger partial charge >= 0.3 is 0 Å². The van der Waals surface area contributed by atoms with Gasteiger partial charge in [0.25, 0.3) is 5.69 Å². The molecule has 0 saturated carbocycles. The molecule has 0 unspecified atom stereocenters. The highest BCUT2D eigenvalue weighted by atomic mass is 35.5. The first-order valence-corrected chi connectivity index (χ1v) is 9.00. The first-order chi connectivity index (χ1) is 13.5. The zero-order valence-electron chi connectivity index (χ0n) is 14.7. The molecule has 0 atom stereocenters. The molecule has 0 bridgehead atoms. The second kappa shape index (κ2) is 8.61. The predicted octanol–water partition coefficient (Wildman–Crippen LogP) is 6.68. The minimum Gasteiger partial charge on any atom is -0.339 e. The lowest BCUT2D eigenvalue weighted by molar-refractivity contribution is -0.384. The molecule has 4 aromatic rings. The van der Waals surface area contributed by atoms with E-state index in [0.717, 1.165) is 5.39 Å². The van der Waals surface area contributed by atoms with E-state index in [2.05, 4.69) is 15.3 Å². The van der Waals surface area contributed by atoms with Crippen LogP contribution >= 0.6 is 35.6 Å². The van der Waals surface area contributed by atoms with Crippen LogP contribution in [0, 0.1) is 10.1 Å². The Hall–Kier alpha value is -2.93. The number of anilines is 2. The van der Waals surface area contributed by atoms with Gasteiger partial charge in [-0.2, -0.15) is 0 Å². The average molecular weight is 448 g/mol. The van der Waals surface area contributed by atoms with Gasteiger partial charge in [0, 0.05) is 33.8 Å². The van der Waals surface area contributed by atoms with Crippen LogP contribution in [0.5, 0.6) is 0 Å². The van der Waals surface area contributed by atoms with Gasteiger partial charge in [-0.15, -0.1) is 12.4 Å². The molecule has 4 rings (SSSR count). The third-order valence-corrected chi connectivity index (χ3v) is 4.64. The van der Waals surface area contributed by atoms with Gasteiger partial charge in [0.1, 0.15) is 5.82 Å². The van der Waals surface area contributed by atoms with E-state index < -0.39 is 4.92 Å². The number of nitrogens with zero attached hydrogens (tertiary/aromatic N) is 3. The predicted molar refractivity (Wildman–Crippen MR) is 119 cm³/mol. The van der Waals surface area contributed by atoms with Crippen molar-refractivity contribution in [2.45, 2.75) is 0 Å². The summed E-state index contributed by atoms with van der Waals surface area (Å²) in [6.07, 6.45) is 0. The normalized spacial score (nSPS) is 10.4. The van der Waals surface area contributed by atoms with Crippen LogP contribution in [0.4, 0.5) is 17.2 Å². The van der Waals surface area contributed by atoms with Gasteiger partial charge in [0.2, 0.25) is 0 Å². The van der Waals surface area contributed by atoms with E-state index in [4.69, 9.17) is 23.2 Å². The first-order valence-electron chi connectivity index (χ1n) is 8.25. The number of hydrogen-bond acceptors (Lipinski definition) is 5. The summed E-state index contributed by atoms with van der Waals surface area (Å²) in [4.78, 5) is 19.8. The minimum atomic E-state index is -0.442. The fourth-order valence-corrected chi connectivity index (χ4v) is 3.29. The summed E-state index contributed by atoms with van der Waals surface area (Å²) in [7, 11) is 0. The Morgan fingerprint density at radius 3 is 2.48 bits per heavy atom. The molecule has 6 nitrogen and oxygen atoms in total. The number of benzene rings is 3. The summed E-state index contributed by atoms with van der Waals surface area (Å²) in [6.45, 7) is 0. The Bertz CT molecular complexity index is 1220. The van der Waals surface area contributed by atoms with Gasteiger partial charge in [-0.25, -0.2) is 9.97 Å². The highest BCUT2D eigenvalue weighted by Gasteiger charge is 2.13. The molecule has 0 aliphatic rings. The molecular formula is C20H13Cl3N4O2. The van der Waals surface area contributed by atoms with Crippen molar-refractivity contribution in [1.82, 2.24) is 9.97 Å². The number of nitrogens with one attached hydrogen (secondary N) is 1. The van der Waals surface area contributed by atoms with Crippen LogP contribution in [0.25, 0.3) is 22.3 Å². The van der Waals surface area contributed by atoms with Gasteiger partial charge < -0.3 is 5.32 Å². The number of nitro benzene ring substituents is 1. The Morgan fingerprint density at radius 1 is 0.931 bits per heavy atom. The zero-order valence-corrected chi connectivity index (χ0v) is 17.0. The molecule has 146 valence electrons. The van der Waals surface area contributed by atoms with Crippen molar-refractivity contribution in [3.05, 3.63) is 86.9 Å². The van der Waals surface area contributed by atoms with Crippen LogP contribution in [0.1, 0.15) is 0 Å². The SMILES string of the molecule is Cl.O=[N+]([O-])c1cccc(Nc2nc(-c3ccc(Cl)cc3Cl)nc3ccccc23)c1. The highest BCUT2D eigenvalue weighted by Crippen LogP contribution is 2.32. The van der Waals surface area contributed by atoms with Gasteiger partial charge in [0.05, 0.1) is 15.5 Å². The van der Waals surface area contributed by atoms with E-state index in [9.17, 15) is 10.1 Å². The maximum atomic E-state index is 11.0. The maximum absolute atomic E-state index is 11.0. The largest absolute Gasteiger partial charge is 0.339 e. The molecule has 0 saturated heterocycles. The molecule has 29 heavy (non-hydrogen) atoms. The number of fused-ring (bicyclic) bond motifs is 1. The molecule has 0 aliphatic carbocycles. The third kappa shape index (κ3) is 4.40. The van der Waals surface area contributed by atoms with E-state index >= 15 is 0 Å². The van der Waals surface area contributed by atoms with Crippen LogP contribution in [0.2, 0.25) is 10.0 Å². The molecule has 3 aromatic carbocycles. The van der Waals surface area contributed by atoms with Crippen molar-refractivity contribution in [2.75, 3.05) is 5.32 Å². The van der Waals surface area contributed by atoms with Crippen molar-refractivity contribution in [1.29, 1.82) is 0 Å². The number of halogens is 3. The van der Waals surface area contributed by atoms with Crippen LogP contribution in [-0.2, 0) is 0 Å². The van der Waals surface area contributed by atoms with Crippen molar-refractivity contribution in [2.24, 2.45) is 0 Å². The van der Waals surface area contributed by atoms with Gasteiger partial charge in [-0.3, -0.25) is 10.1 Å². The summed E-state index contributed by atoms with van der Waals surface area (Å²) in [5.74, 6) is 0.945. The summed E-state index contributed by atoms with van der Waals surface area (Å²) in [6, 6.07) is 18.8. The summed E-state index contributed by atoms with van der Waals surface area (Å²) < 4.78 is 0. The van der Waals surface area contributed by atoms with Crippen molar-refractivity contribution in [3.63, 3.8) is 0 Å². The van der Waals surface area contributed by atoms with Crippen LogP contribution in [-0.4, -0.2) is 14.9 Å². The van der Waals surface area contributed by atoms with E-state index in [1.54, 1.807) is 30.3 Å². The van der Waals surface area contributed by atoms with Crippen LogP contribution in [0.15, 0.2) is 66.7 Å².